The van der Waals surface area contributed by atoms with Crippen LogP contribution in [0.1, 0.15) is 5.56 Å². The second kappa shape index (κ2) is 7.61. The van der Waals surface area contributed by atoms with Gasteiger partial charge in [0.25, 0.3) is 0 Å². The lowest BCUT2D eigenvalue weighted by atomic mass is 10.1. The van der Waals surface area contributed by atoms with Gasteiger partial charge in [0.2, 0.25) is 0 Å². The van der Waals surface area contributed by atoms with Crippen LogP contribution >= 0.6 is 0 Å². The van der Waals surface area contributed by atoms with Gasteiger partial charge in [0.15, 0.2) is 0 Å². The molecule has 0 saturated heterocycles. The normalized spacial score (nSPS) is 10.6. The van der Waals surface area contributed by atoms with Crippen LogP contribution in [0.4, 0.5) is 0 Å². The molecule has 0 radical (unpaired) electrons. The molecule has 0 aliphatic heterocycles. The van der Waals surface area contributed by atoms with Crippen molar-refractivity contribution in [2.75, 3.05) is 21.3 Å². The van der Waals surface area contributed by atoms with E-state index in [2.05, 4.69) is 10.6 Å². The van der Waals surface area contributed by atoms with Crippen LogP contribution in [0.25, 0.3) is 27.8 Å². The summed E-state index contributed by atoms with van der Waals surface area (Å²) >= 11 is 0. The first kappa shape index (κ1) is 18.5. The van der Waals surface area contributed by atoms with Gasteiger partial charge in [-0.1, -0.05) is 0 Å². The Morgan fingerprint density at radius 1 is 0.724 bits per heavy atom. The van der Waals surface area contributed by atoms with Crippen LogP contribution in [0, 0.1) is 11.3 Å². The number of ether oxygens (including phenoxy) is 3. The average Bonchev–Trinajstić information content (AvgIpc) is 3.12. The van der Waals surface area contributed by atoms with Gasteiger partial charge >= 0.3 is 0 Å². The fourth-order valence-electron chi connectivity index (χ4n) is 3.53. The molecular formula is C24H20N2O3. The molecule has 0 atom stereocenters. The van der Waals surface area contributed by atoms with Crippen molar-refractivity contribution >= 4 is 10.9 Å². The van der Waals surface area contributed by atoms with Crippen LogP contribution in [0.15, 0.2) is 66.7 Å². The summed E-state index contributed by atoms with van der Waals surface area (Å²) in [6.45, 7) is 0. The Bertz CT molecular complexity index is 1200. The smallest absolute Gasteiger partial charge is 0.119 e. The largest absolute Gasteiger partial charge is 0.497 e. The van der Waals surface area contributed by atoms with Crippen molar-refractivity contribution in [3.8, 4) is 40.3 Å². The van der Waals surface area contributed by atoms with E-state index in [0.717, 1.165) is 39.3 Å². The highest BCUT2D eigenvalue weighted by Gasteiger charge is 2.20. The molecule has 0 N–H and O–H groups in total. The monoisotopic (exact) mass is 384 g/mol. The van der Waals surface area contributed by atoms with Crippen molar-refractivity contribution in [3.63, 3.8) is 0 Å². The van der Waals surface area contributed by atoms with Gasteiger partial charge in [-0.3, -0.25) is 0 Å². The maximum atomic E-state index is 10.0. The summed E-state index contributed by atoms with van der Waals surface area (Å²) < 4.78 is 18.1. The van der Waals surface area contributed by atoms with Gasteiger partial charge in [-0.2, -0.15) is 5.26 Å². The summed E-state index contributed by atoms with van der Waals surface area (Å²) in [6, 6.07) is 23.7. The van der Waals surface area contributed by atoms with Crippen LogP contribution in [0.5, 0.6) is 17.2 Å². The number of hydrogen-bond acceptors (Lipinski definition) is 4. The Kier molecular flexibility index (Phi) is 4.84. The molecule has 3 aromatic carbocycles. The van der Waals surface area contributed by atoms with Crippen LogP contribution in [0.3, 0.4) is 0 Å². The fraction of sp³-hybridized carbons (Fsp3) is 0.125. The van der Waals surface area contributed by atoms with Gasteiger partial charge < -0.3 is 18.8 Å². The molecule has 4 aromatic rings. The Hall–Kier alpha value is -3.91. The molecule has 0 spiro atoms. The highest BCUT2D eigenvalue weighted by atomic mass is 16.5. The molecule has 0 fully saturated rings. The van der Waals surface area contributed by atoms with Crippen LogP contribution in [-0.2, 0) is 0 Å². The highest BCUT2D eigenvalue weighted by Crippen LogP contribution is 2.38. The van der Waals surface area contributed by atoms with E-state index < -0.39 is 0 Å². The number of nitriles is 1. The van der Waals surface area contributed by atoms with Crippen LogP contribution in [-0.4, -0.2) is 25.9 Å². The van der Waals surface area contributed by atoms with Crippen molar-refractivity contribution in [3.05, 3.63) is 72.3 Å². The SMILES string of the molecule is COc1ccc(-c2c(C#N)c3cc(OC)ccc3n2-c2ccc(OC)cc2)cc1. The predicted molar refractivity (Wildman–Crippen MR) is 113 cm³/mol. The minimum Gasteiger partial charge on any atom is -0.497 e. The van der Waals surface area contributed by atoms with Gasteiger partial charge in [0, 0.05) is 16.6 Å². The molecule has 4 rings (SSSR count). The van der Waals surface area contributed by atoms with E-state index in [4.69, 9.17) is 14.2 Å². The van der Waals surface area contributed by atoms with Crippen LogP contribution in [0.2, 0.25) is 0 Å². The zero-order chi connectivity index (χ0) is 20.4. The maximum absolute atomic E-state index is 10.0. The van der Waals surface area contributed by atoms with Crippen LogP contribution < -0.4 is 14.2 Å². The number of rotatable bonds is 5. The van der Waals surface area contributed by atoms with Gasteiger partial charge in [-0.25, -0.2) is 0 Å². The average molecular weight is 384 g/mol. The molecule has 0 aliphatic rings. The number of nitrogens with zero attached hydrogens (tertiary/aromatic N) is 2. The maximum Gasteiger partial charge on any atom is 0.119 e. The summed E-state index contributed by atoms with van der Waals surface area (Å²) in [5.41, 5.74) is 4.21. The first-order valence-corrected chi connectivity index (χ1v) is 9.11. The zero-order valence-electron chi connectivity index (χ0n) is 16.5. The molecule has 0 aliphatic carbocycles. The van der Waals surface area contributed by atoms with Gasteiger partial charge in [0.1, 0.15) is 23.3 Å². The van der Waals surface area contributed by atoms with Gasteiger partial charge in [-0.05, 0) is 66.7 Å². The lowest BCUT2D eigenvalue weighted by molar-refractivity contribution is 0.414. The number of aromatic nitrogens is 1. The molecule has 0 bridgehead atoms. The van der Waals surface area contributed by atoms with Gasteiger partial charge in [0.05, 0.1) is 38.1 Å². The minimum absolute atomic E-state index is 0.597. The second-order valence-electron chi connectivity index (χ2n) is 6.48. The van der Waals surface area contributed by atoms with E-state index in [9.17, 15) is 5.26 Å². The Morgan fingerprint density at radius 3 is 1.83 bits per heavy atom. The summed E-state index contributed by atoms with van der Waals surface area (Å²) in [5, 5.41) is 10.9. The Labute approximate surface area is 169 Å². The number of methoxy groups -OCH3 is 3. The molecule has 0 amide bonds. The van der Waals surface area contributed by atoms with E-state index >= 15 is 0 Å². The Morgan fingerprint density at radius 2 is 1.28 bits per heavy atom. The first-order valence-electron chi connectivity index (χ1n) is 9.11. The topological polar surface area (TPSA) is 56.4 Å². The lowest BCUT2D eigenvalue weighted by Crippen LogP contribution is -1.98. The molecular weight excluding hydrogens is 364 g/mol. The van der Waals surface area contributed by atoms with Crippen molar-refractivity contribution in [2.45, 2.75) is 0 Å². The molecule has 144 valence electrons. The minimum atomic E-state index is 0.597. The third kappa shape index (κ3) is 3.15. The van der Waals surface area contributed by atoms with E-state index in [1.54, 1.807) is 21.3 Å². The summed E-state index contributed by atoms with van der Waals surface area (Å²) in [6.07, 6.45) is 0. The first-order chi connectivity index (χ1) is 14.2. The van der Waals surface area contributed by atoms with Crippen molar-refractivity contribution in [2.24, 2.45) is 0 Å². The molecule has 1 heterocycles. The third-order valence-corrected chi connectivity index (χ3v) is 4.98. The van der Waals surface area contributed by atoms with Crippen molar-refractivity contribution in [1.29, 1.82) is 5.26 Å². The fourth-order valence-corrected chi connectivity index (χ4v) is 3.53. The van der Waals surface area contributed by atoms with Gasteiger partial charge in [-0.15, -0.1) is 0 Å². The van der Waals surface area contributed by atoms with E-state index in [1.807, 2.05) is 66.7 Å². The van der Waals surface area contributed by atoms with E-state index in [-0.39, 0.29) is 0 Å². The molecule has 0 saturated carbocycles. The number of hydrogen-bond donors (Lipinski definition) is 0. The second-order valence-corrected chi connectivity index (χ2v) is 6.48. The van der Waals surface area contributed by atoms with Crippen molar-refractivity contribution in [1.82, 2.24) is 4.57 Å². The molecule has 29 heavy (non-hydrogen) atoms. The summed E-state index contributed by atoms with van der Waals surface area (Å²) in [7, 11) is 4.90. The summed E-state index contributed by atoms with van der Waals surface area (Å²) in [5.74, 6) is 2.25. The predicted octanol–water partition coefficient (Wildman–Crippen LogP) is 5.19. The summed E-state index contributed by atoms with van der Waals surface area (Å²) in [4.78, 5) is 0. The van der Waals surface area contributed by atoms with E-state index in [1.165, 1.54) is 0 Å². The number of fused-ring (bicyclic) bond motifs is 1. The number of benzene rings is 3. The molecule has 0 unspecified atom stereocenters. The molecule has 5 heteroatoms. The molecule has 1 aromatic heterocycles. The standard InChI is InChI=1S/C24H20N2O3/c1-27-18-8-4-16(5-9-18)24-22(15-25)21-14-20(29-3)12-13-23(21)26(24)17-6-10-19(28-2)11-7-17/h4-14H,1-3H3. The quantitative estimate of drug-likeness (QED) is 0.475. The van der Waals surface area contributed by atoms with E-state index in [0.29, 0.717) is 11.3 Å². The van der Waals surface area contributed by atoms with Crippen molar-refractivity contribution < 1.29 is 14.2 Å². The zero-order valence-corrected chi connectivity index (χ0v) is 16.5. The Balaban J connectivity index is 2.06. The molecule has 5 nitrogen and oxygen atoms in total. The highest BCUT2D eigenvalue weighted by molar-refractivity contribution is 5.97. The lowest BCUT2D eigenvalue weighted by Gasteiger charge is -2.13. The third-order valence-electron chi connectivity index (χ3n) is 4.98.